The van der Waals surface area contributed by atoms with E-state index in [4.69, 9.17) is 4.74 Å². The second-order valence-corrected chi connectivity index (χ2v) is 9.88. The van der Waals surface area contributed by atoms with E-state index in [9.17, 15) is 30.0 Å². The molecule has 3 aromatic rings. The van der Waals surface area contributed by atoms with Crippen molar-refractivity contribution in [2.45, 2.75) is 37.3 Å². The van der Waals surface area contributed by atoms with Crippen LogP contribution in [0.2, 0.25) is 0 Å². The second kappa shape index (κ2) is 11.4. The van der Waals surface area contributed by atoms with Crippen molar-refractivity contribution in [3.05, 3.63) is 87.9 Å². The maximum atomic E-state index is 13.1. The molecule has 0 bridgehead atoms. The monoisotopic (exact) mass is 567 g/mol. The summed E-state index contributed by atoms with van der Waals surface area (Å²) in [4.78, 5) is 25.6. The average Bonchev–Trinajstić information content (AvgIpc) is 2.84. The summed E-state index contributed by atoms with van der Waals surface area (Å²) in [5.41, 5.74) is 2.14. The van der Waals surface area contributed by atoms with Crippen LogP contribution < -0.4 is 5.32 Å². The number of hydrogen-bond donors (Lipinski definition) is 5. The lowest BCUT2D eigenvalue weighted by Gasteiger charge is -2.37. The number of amides is 1. The minimum atomic E-state index is -1.18. The minimum Gasteiger partial charge on any atom is -0.504 e. The largest absolute Gasteiger partial charge is 0.504 e. The Hall–Kier alpha value is -3.98. The lowest BCUT2D eigenvalue weighted by atomic mass is 9.76. The predicted molar refractivity (Wildman–Crippen MR) is 140 cm³/mol. The van der Waals surface area contributed by atoms with E-state index in [0.29, 0.717) is 17.0 Å². The summed E-state index contributed by atoms with van der Waals surface area (Å²) in [5.74, 6) is -2.17. The molecule has 9 heteroatoms. The summed E-state index contributed by atoms with van der Waals surface area (Å²) in [5, 5.41) is 41.4. The Morgan fingerprint density at radius 3 is 2.22 bits per heavy atom. The first-order valence-corrected chi connectivity index (χ1v) is 12.4. The highest BCUT2D eigenvalue weighted by Gasteiger charge is 2.34. The molecule has 0 radical (unpaired) electrons. The number of ether oxygens (including phenoxy) is 1. The number of phenols is 4. The Morgan fingerprint density at radius 2 is 1.57 bits per heavy atom. The van der Waals surface area contributed by atoms with Gasteiger partial charge in [0, 0.05) is 23.0 Å². The van der Waals surface area contributed by atoms with Gasteiger partial charge in [-0.1, -0.05) is 40.2 Å². The number of rotatable bonds is 8. The van der Waals surface area contributed by atoms with E-state index < -0.39 is 18.0 Å². The van der Waals surface area contributed by atoms with Crippen LogP contribution in [0.1, 0.15) is 35.4 Å². The van der Waals surface area contributed by atoms with Crippen molar-refractivity contribution in [3.63, 3.8) is 0 Å². The molecule has 1 aliphatic rings. The normalized spacial score (nSPS) is 17.6. The van der Waals surface area contributed by atoms with Crippen molar-refractivity contribution < 1.29 is 34.8 Å². The number of aromatic hydroxyl groups is 4. The molecule has 0 aliphatic heterocycles. The number of nitrogens with one attached hydrogen (secondary N) is 1. The van der Waals surface area contributed by atoms with Gasteiger partial charge in [0.05, 0.1) is 0 Å². The quantitative estimate of drug-likeness (QED) is 0.153. The number of carbonyl (C=O) groups is 2. The summed E-state index contributed by atoms with van der Waals surface area (Å²) in [6.07, 6.45) is 2.84. The molecule has 4 rings (SSSR count). The van der Waals surface area contributed by atoms with Gasteiger partial charge < -0.3 is 30.5 Å². The highest BCUT2D eigenvalue weighted by Crippen LogP contribution is 2.37. The summed E-state index contributed by atoms with van der Waals surface area (Å²) in [6.45, 7) is 0. The molecule has 5 N–H and O–H groups in total. The van der Waals surface area contributed by atoms with Crippen LogP contribution in [0, 0.1) is 0 Å². The van der Waals surface area contributed by atoms with Crippen LogP contribution in [0.25, 0.3) is 6.08 Å². The van der Waals surface area contributed by atoms with Crippen LogP contribution in [0.3, 0.4) is 0 Å². The molecule has 1 aliphatic carbocycles. The summed E-state index contributed by atoms with van der Waals surface area (Å²) in [7, 11) is 0. The van der Waals surface area contributed by atoms with Crippen molar-refractivity contribution in [1.29, 1.82) is 0 Å². The first kappa shape index (κ1) is 26.1. The molecule has 0 heterocycles. The van der Waals surface area contributed by atoms with E-state index in [1.807, 2.05) is 12.1 Å². The van der Waals surface area contributed by atoms with Crippen molar-refractivity contribution in [1.82, 2.24) is 5.32 Å². The Bertz CT molecular complexity index is 1320. The third-order valence-corrected chi connectivity index (χ3v) is 6.78. The maximum Gasteiger partial charge on any atom is 0.331 e. The molecule has 8 nitrogen and oxygen atoms in total. The first-order valence-electron chi connectivity index (χ1n) is 11.7. The Kier molecular flexibility index (Phi) is 8.03. The number of benzene rings is 3. The Labute approximate surface area is 222 Å². The topological polar surface area (TPSA) is 136 Å². The molecule has 0 aromatic heterocycles. The van der Waals surface area contributed by atoms with Gasteiger partial charge in [0.1, 0.15) is 0 Å². The van der Waals surface area contributed by atoms with Crippen LogP contribution in [0.4, 0.5) is 0 Å². The van der Waals surface area contributed by atoms with Gasteiger partial charge >= 0.3 is 5.97 Å². The molecule has 0 spiro atoms. The fourth-order valence-electron chi connectivity index (χ4n) is 4.12. The number of halogens is 1. The summed E-state index contributed by atoms with van der Waals surface area (Å²) in [6, 6.07) is 16.2. The molecule has 1 amide bonds. The molecule has 0 saturated heterocycles. The van der Waals surface area contributed by atoms with Crippen LogP contribution >= 0.6 is 15.9 Å². The van der Waals surface area contributed by atoms with Gasteiger partial charge in [-0.05, 0) is 77.9 Å². The zero-order valence-corrected chi connectivity index (χ0v) is 21.3. The van der Waals surface area contributed by atoms with Gasteiger partial charge in [-0.15, -0.1) is 0 Å². The highest BCUT2D eigenvalue weighted by atomic mass is 79.9. The molecule has 1 fully saturated rings. The number of esters is 1. The Balaban J connectivity index is 1.41. The molecule has 0 unspecified atom stereocenters. The number of hydrogen-bond acceptors (Lipinski definition) is 7. The average molecular weight is 568 g/mol. The van der Waals surface area contributed by atoms with E-state index in [-0.39, 0.29) is 35.5 Å². The molecular formula is C28H26BrNO7. The van der Waals surface area contributed by atoms with Gasteiger partial charge in [-0.2, -0.15) is 0 Å². The van der Waals surface area contributed by atoms with E-state index in [1.54, 1.807) is 0 Å². The first-order chi connectivity index (χ1) is 17.7. The SMILES string of the molecule is O=C(/C=C/c1ccc(O)c(O)c1)O[C@H](Cc1ccc(O)c(O)c1)C(=O)NC1CC(c2ccc(Br)cc2)C1. The molecule has 37 heavy (non-hydrogen) atoms. The van der Waals surface area contributed by atoms with Gasteiger partial charge in [-0.3, -0.25) is 4.79 Å². The molecular weight excluding hydrogens is 542 g/mol. The van der Waals surface area contributed by atoms with E-state index >= 15 is 0 Å². The van der Waals surface area contributed by atoms with Crippen molar-refractivity contribution in [2.24, 2.45) is 0 Å². The van der Waals surface area contributed by atoms with Gasteiger partial charge in [0.2, 0.25) is 0 Å². The van der Waals surface area contributed by atoms with Crippen molar-refractivity contribution >= 4 is 33.9 Å². The van der Waals surface area contributed by atoms with Gasteiger partial charge in [0.15, 0.2) is 29.1 Å². The highest BCUT2D eigenvalue weighted by molar-refractivity contribution is 9.10. The van der Waals surface area contributed by atoms with Crippen LogP contribution in [0.15, 0.2) is 71.2 Å². The second-order valence-electron chi connectivity index (χ2n) is 8.96. The van der Waals surface area contributed by atoms with Crippen LogP contribution in [-0.2, 0) is 20.7 Å². The molecule has 1 atom stereocenters. The third kappa shape index (κ3) is 6.83. The zero-order chi connectivity index (χ0) is 26.5. The number of carbonyl (C=O) groups excluding carboxylic acids is 2. The lowest BCUT2D eigenvalue weighted by molar-refractivity contribution is -0.151. The molecule has 192 valence electrons. The molecule has 3 aromatic carbocycles. The number of phenolic OH excluding ortho intramolecular Hbond substituents is 4. The zero-order valence-electron chi connectivity index (χ0n) is 19.7. The van der Waals surface area contributed by atoms with E-state index in [1.165, 1.54) is 48.0 Å². The van der Waals surface area contributed by atoms with Crippen LogP contribution in [0.5, 0.6) is 23.0 Å². The van der Waals surface area contributed by atoms with Gasteiger partial charge in [-0.25, -0.2) is 4.79 Å². The standard InChI is InChI=1S/C28H26BrNO7/c29-20-6-4-18(5-7-20)19-14-21(15-19)30-28(36)26(13-17-2-9-23(32)25(34)12-17)37-27(35)10-3-16-1-8-22(31)24(33)11-16/h1-12,19,21,26,31-34H,13-15H2,(H,30,36)/b10-3+/t19?,21?,26-/m1/s1. The van der Waals surface area contributed by atoms with E-state index in [0.717, 1.165) is 23.4 Å². The fraction of sp³-hybridized carbons (Fsp3) is 0.214. The van der Waals surface area contributed by atoms with Gasteiger partial charge in [0.25, 0.3) is 5.91 Å². The maximum absolute atomic E-state index is 13.1. The third-order valence-electron chi connectivity index (χ3n) is 6.25. The minimum absolute atomic E-state index is 0.0118. The summed E-state index contributed by atoms with van der Waals surface area (Å²) < 4.78 is 6.46. The van der Waals surface area contributed by atoms with Crippen molar-refractivity contribution in [3.8, 4) is 23.0 Å². The predicted octanol–water partition coefficient (Wildman–Crippen LogP) is 4.50. The fourth-order valence-corrected chi connectivity index (χ4v) is 4.39. The smallest absolute Gasteiger partial charge is 0.331 e. The lowest BCUT2D eigenvalue weighted by Crippen LogP contribution is -2.48. The molecule has 1 saturated carbocycles. The van der Waals surface area contributed by atoms with Crippen molar-refractivity contribution in [2.75, 3.05) is 0 Å². The van der Waals surface area contributed by atoms with E-state index in [2.05, 4.69) is 33.4 Å². The Morgan fingerprint density at radius 1 is 0.919 bits per heavy atom. The summed E-state index contributed by atoms with van der Waals surface area (Å²) >= 11 is 3.43. The van der Waals surface area contributed by atoms with Crippen LogP contribution in [-0.4, -0.2) is 44.4 Å².